The molecule has 0 aliphatic carbocycles. The molecular weight excluding hydrogens is 390 g/mol. The number of amides is 1. The molecule has 0 unspecified atom stereocenters. The number of methoxy groups -OCH3 is 1. The van der Waals surface area contributed by atoms with Crippen LogP contribution in [-0.4, -0.2) is 52.4 Å². The Labute approximate surface area is 172 Å². The first-order valence-corrected chi connectivity index (χ1v) is 11.0. The Hall–Kier alpha value is -2.58. The highest BCUT2D eigenvalue weighted by Gasteiger charge is 2.23. The maximum Gasteiger partial charge on any atom is 0.243 e. The number of anilines is 2. The van der Waals surface area contributed by atoms with Crippen LogP contribution in [0.4, 0.5) is 11.4 Å². The lowest BCUT2D eigenvalue weighted by molar-refractivity contribution is -0.116. The van der Waals surface area contributed by atoms with E-state index in [4.69, 9.17) is 4.74 Å². The van der Waals surface area contributed by atoms with Gasteiger partial charge in [-0.1, -0.05) is 0 Å². The Morgan fingerprint density at radius 1 is 1.14 bits per heavy atom. The topological polar surface area (TPSA) is 79.0 Å². The van der Waals surface area contributed by atoms with Gasteiger partial charge in [-0.3, -0.25) is 4.79 Å². The molecule has 3 rings (SSSR count). The van der Waals surface area contributed by atoms with E-state index >= 15 is 0 Å². The van der Waals surface area contributed by atoms with E-state index < -0.39 is 10.0 Å². The molecule has 2 aromatic carbocycles. The molecule has 1 saturated heterocycles. The van der Waals surface area contributed by atoms with Crippen LogP contribution in [0, 0.1) is 6.92 Å². The summed E-state index contributed by atoms with van der Waals surface area (Å²) >= 11 is 0. The molecule has 1 fully saturated rings. The predicted octanol–water partition coefficient (Wildman–Crippen LogP) is 2.86. The van der Waals surface area contributed by atoms with Crippen molar-refractivity contribution in [1.82, 2.24) is 4.31 Å². The van der Waals surface area contributed by atoms with E-state index in [9.17, 15) is 13.2 Å². The Kier molecular flexibility index (Phi) is 6.44. The van der Waals surface area contributed by atoms with Crippen LogP contribution in [0.1, 0.15) is 18.4 Å². The SMILES string of the molecule is COc1ccc(S(=O)(=O)N(C)CC(=O)Nc2ccc(N3CCCC3)cc2C)cc1. The molecule has 0 radical (unpaired) electrons. The zero-order valence-electron chi connectivity index (χ0n) is 17.0. The highest BCUT2D eigenvalue weighted by molar-refractivity contribution is 7.89. The second-order valence-corrected chi connectivity index (χ2v) is 9.22. The molecule has 156 valence electrons. The Morgan fingerprint density at radius 3 is 2.38 bits per heavy atom. The van der Waals surface area contributed by atoms with Crippen LogP contribution >= 0.6 is 0 Å². The molecule has 1 heterocycles. The molecule has 8 heteroatoms. The molecule has 1 N–H and O–H groups in total. The summed E-state index contributed by atoms with van der Waals surface area (Å²) in [7, 11) is -0.864. The summed E-state index contributed by atoms with van der Waals surface area (Å²) in [6, 6.07) is 12.0. The smallest absolute Gasteiger partial charge is 0.243 e. The van der Waals surface area contributed by atoms with Crippen LogP contribution in [0.3, 0.4) is 0 Å². The van der Waals surface area contributed by atoms with Crippen molar-refractivity contribution in [3.8, 4) is 5.75 Å². The fraction of sp³-hybridized carbons (Fsp3) is 0.381. The van der Waals surface area contributed by atoms with Crippen LogP contribution in [0.5, 0.6) is 5.75 Å². The average Bonchev–Trinajstić information content (AvgIpc) is 3.24. The van der Waals surface area contributed by atoms with Gasteiger partial charge in [0.25, 0.3) is 0 Å². The first kappa shape index (κ1) is 21.1. The summed E-state index contributed by atoms with van der Waals surface area (Å²) in [4.78, 5) is 14.9. The highest BCUT2D eigenvalue weighted by atomic mass is 32.2. The fourth-order valence-electron chi connectivity index (χ4n) is 3.36. The zero-order valence-corrected chi connectivity index (χ0v) is 17.8. The van der Waals surface area contributed by atoms with Crippen LogP contribution < -0.4 is 15.0 Å². The van der Waals surface area contributed by atoms with Crippen LogP contribution in [0.25, 0.3) is 0 Å². The normalized spacial score (nSPS) is 14.3. The van der Waals surface area contributed by atoms with Crippen molar-refractivity contribution in [2.45, 2.75) is 24.7 Å². The molecule has 0 bridgehead atoms. The van der Waals surface area contributed by atoms with Gasteiger partial charge in [-0.2, -0.15) is 4.31 Å². The number of carbonyl (C=O) groups is 1. The van der Waals surface area contributed by atoms with E-state index in [2.05, 4.69) is 16.3 Å². The number of likely N-dealkylation sites (N-methyl/N-ethyl adjacent to an activating group) is 1. The van der Waals surface area contributed by atoms with E-state index in [1.807, 2.05) is 19.1 Å². The summed E-state index contributed by atoms with van der Waals surface area (Å²) in [6.45, 7) is 3.77. The Morgan fingerprint density at radius 2 is 1.79 bits per heavy atom. The van der Waals surface area contributed by atoms with Crippen molar-refractivity contribution in [1.29, 1.82) is 0 Å². The van der Waals surface area contributed by atoms with E-state index in [1.54, 1.807) is 12.1 Å². The van der Waals surface area contributed by atoms with E-state index in [-0.39, 0.29) is 17.3 Å². The van der Waals surface area contributed by atoms with Gasteiger partial charge in [0.15, 0.2) is 0 Å². The van der Waals surface area contributed by atoms with Crippen molar-refractivity contribution in [3.05, 3.63) is 48.0 Å². The average molecular weight is 418 g/mol. The van der Waals surface area contributed by atoms with Gasteiger partial charge in [-0.05, 0) is 67.8 Å². The van der Waals surface area contributed by atoms with E-state index in [0.717, 1.165) is 28.6 Å². The number of hydrogen-bond donors (Lipinski definition) is 1. The molecular formula is C21H27N3O4S. The van der Waals surface area contributed by atoms with Crippen molar-refractivity contribution >= 4 is 27.3 Å². The first-order chi connectivity index (χ1) is 13.8. The molecule has 0 atom stereocenters. The maximum atomic E-state index is 12.7. The number of sulfonamides is 1. The standard InChI is InChI=1S/C21H27N3O4S/c1-16-14-17(24-12-4-5-13-24)6-11-20(16)22-21(25)15-23(2)29(26,27)19-9-7-18(28-3)8-10-19/h6-11,14H,4-5,12-13,15H2,1-3H3,(H,22,25). The minimum atomic E-state index is -3.77. The number of nitrogens with one attached hydrogen (secondary N) is 1. The minimum Gasteiger partial charge on any atom is -0.497 e. The molecule has 0 spiro atoms. The molecule has 29 heavy (non-hydrogen) atoms. The molecule has 2 aromatic rings. The van der Waals surface area contributed by atoms with Crippen molar-refractivity contribution in [2.24, 2.45) is 0 Å². The lowest BCUT2D eigenvalue weighted by Crippen LogP contribution is -2.35. The summed E-state index contributed by atoms with van der Waals surface area (Å²) in [5, 5.41) is 2.82. The summed E-state index contributed by atoms with van der Waals surface area (Å²) in [6.07, 6.45) is 2.40. The molecule has 1 aliphatic rings. The Bertz CT molecular complexity index is 968. The molecule has 1 aliphatic heterocycles. The van der Waals surface area contributed by atoms with Gasteiger partial charge < -0.3 is 15.0 Å². The number of carbonyl (C=O) groups excluding carboxylic acids is 1. The van der Waals surface area contributed by atoms with Gasteiger partial charge in [0.1, 0.15) is 5.75 Å². The highest BCUT2D eigenvalue weighted by Crippen LogP contribution is 2.25. The number of benzene rings is 2. The first-order valence-electron chi connectivity index (χ1n) is 9.57. The Balaban J connectivity index is 1.64. The minimum absolute atomic E-state index is 0.111. The lowest BCUT2D eigenvalue weighted by Gasteiger charge is -2.20. The fourth-order valence-corrected chi connectivity index (χ4v) is 4.49. The molecule has 1 amide bonds. The number of aryl methyl sites for hydroxylation is 1. The van der Waals surface area contributed by atoms with Crippen molar-refractivity contribution < 1.29 is 17.9 Å². The van der Waals surface area contributed by atoms with Gasteiger partial charge in [0, 0.05) is 31.5 Å². The lowest BCUT2D eigenvalue weighted by atomic mass is 10.1. The van der Waals surface area contributed by atoms with Crippen LogP contribution in [0.15, 0.2) is 47.4 Å². The van der Waals surface area contributed by atoms with Crippen molar-refractivity contribution in [3.63, 3.8) is 0 Å². The van der Waals surface area contributed by atoms with Crippen molar-refractivity contribution in [2.75, 3.05) is 44.0 Å². The predicted molar refractivity (Wildman–Crippen MR) is 114 cm³/mol. The summed E-state index contributed by atoms with van der Waals surface area (Å²) in [5.74, 6) is 0.179. The number of ether oxygens (including phenoxy) is 1. The van der Waals surface area contributed by atoms with Crippen LogP contribution in [-0.2, 0) is 14.8 Å². The third kappa shape index (κ3) is 4.89. The van der Waals surface area contributed by atoms with Gasteiger partial charge in [-0.25, -0.2) is 8.42 Å². The maximum absolute atomic E-state index is 12.7. The van der Waals surface area contributed by atoms with Crippen LogP contribution in [0.2, 0.25) is 0 Å². The van der Waals surface area contributed by atoms with Gasteiger partial charge in [-0.15, -0.1) is 0 Å². The second-order valence-electron chi connectivity index (χ2n) is 7.18. The number of hydrogen-bond acceptors (Lipinski definition) is 5. The van der Waals surface area contributed by atoms with Gasteiger partial charge in [0.2, 0.25) is 15.9 Å². The zero-order chi connectivity index (χ0) is 21.0. The van der Waals surface area contributed by atoms with E-state index in [1.165, 1.54) is 39.1 Å². The third-order valence-corrected chi connectivity index (χ3v) is 6.91. The molecule has 7 nitrogen and oxygen atoms in total. The summed E-state index contributed by atoms with van der Waals surface area (Å²) < 4.78 is 31.4. The monoisotopic (exact) mass is 417 g/mol. The molecule has 0 aromatic heterocycles. The van der Waals surface area contributed by atoms with Gasteiger partial charge >= 0.3 is 0 Å². The number of nitrogens with zero attached hydrogens (tertiary/aromatic N) is 2. The second kappa shape index (κ2) is 8.84. The largest absolute Gasteiger partial charge is 0.497 e. The number of rotatable bonds is 7. The molecule has 0 saturated carbocycles. The summed E-state index contributed by atoms with van der Waals surface area (Å²) in [5.41, 5.74) is 2.79. The third-order valence-electron chi connectivity index (χ3n) is 5.09. The quantitative estimate of drug-likeness (QED) is 0.749. The van der Waals surface area contributed by atoms with E-state index in [0.29, 0.717) is 11.4 Å². The van der Waals surface area contributed by atoms with Gasteiger partial charge in [0.05, 0.1) is 18.6 Å².